The molecule has 13 heteroatoms. The van der Waals surface area contributed by atoms with Gasteiger partial charge in [0.25, 0.3) is 5.91 Å². The summed E-state index contributed by atoms with van der Waals surface area (Å²) in [5, 5.41) is 4.08. The van der Waals surface area contributed by atoms with Crippen LogP contribution >= 0.6 is 0 Å². The van der Waals surface area contributed by atoms with Gasteiger partial charge in [-0.2, -0.15) is 0 Å². The Hall–Kier alpha value is -4.13. The van der Waals surface area contributed by atoms with Gasteiger partial charge >= 0.3 is 12.1 Å². The number of nitrogens with zero attached hydrogens (tertiary/aromatic N) is 4. The van der Waals surface area contributed by atoms with Gasteiger partial charge in [-0.25, -0.2) is 19.2 Å². The van der Waals surface area contributed by atoms with Gasteiger partial charge in [-0.05, 0) is 59.2 Å². The highest BCUT2D eigenvalue weighted by Gasteiger charge is 2.31. The number of aromatic nitrogens is 2. The number of hydrogen-bond acceptors (Lipinski definition) is 10. The molecule has 1 saturated heterocycles. The molecular formula is C28H36FN5O7. The highest BCUT2D eigenvalue weighted by molar-refractivity contribution is 5.96. The van der Waals surface area contributed by atoms with Crippen molar-refractivity contribution in [1.82, 2.24) is 25.2 Å². The van der Waals surface area contributed by atoms with Crippen molar-refractivity contribution in [3.05, 3.63) is 47.5 Å². The zero-order valence-corrected chi connectivity index (χ0v) is 23.9. The Bertz CT molecular complexity index is 1260. The van der Waals surface area contributed by atoms with Gasteiger partial charge in [-0.15, -0.1) is 5.06 Å². The molecule has 0 radical (unpaired) electrons. The predicted molar refractivity (Wildman–Crippen MR) is 145 cm³/mol. The highest BCUT2D eigenvalue weighted by Crippen LogP contribution is 2.20. The minimum atomic E-state index is -1.08. The van der Waals surface area contributed by atoms with Crippen LogP contribution in [0.15, 0.2) is 30.3 Å². The number of carbonyl (C=O) groups excluding carboxylic acids is 4. The molecule has 0 spiro atoms. The number of halogens is 1. The fourth-order valence-electron chi connectivity index (χ4n) is 4.06. The normalized spacial score (nSPS) is 14.6. The minimum absolute atomic E-state index is 0.0245. The molecule has 41 heavy (non-hydrogen) atoms. The van der Waals surface area contributed by atoms with Gasteiger partial charge in [0, 0.05) is 25.2 Å². The quantitative estimate of drug-likeness (QED) is 0.445. The third-order valence-electron chi connectivity index (χ3n) is 5.88. The van der Waals surface area contributed by atoms with Gasteiger partial charge in [0.1, 0.15) is 23.2 Å². The lowest BCUT2D eigenvalue weighted by Crippen LogP contribution is -2.55. The second-order valence-electron chi connectivity index (χ2n) is 10.4. The zero-order chi connectivity index (χ0) is 30.2. The van der Waals surface area contributed by atoms with Crippen LogP contribution < -0.4 is 5.32 Å². The van der Waals surface area contributed by atoms with Crippen LogP contribution in [0.4, 0.5) is 9.18 Å². The van der Waals surface area contributed by atoms with Crippen molar-refractivity contribution in [1.29, 1.82) is 0 Å². The number of hydroxylamine groups is 2. The average molecular weight is 574 g/mol. The molecule has 1 atom stereocenters. The van der Waals surface area contributed by atoms with E-state index in [1.807, 2.05) is 0 Å². The van der Waals surface area contributed by atoms with E-state index in [2.05, 4.69) is 15.3 Å². The van der Waals surface area contributed by atoms with E-state index in [0.717, 1.165) is 0 Å². The van der Waals surface area contributed by atoms with E-state index in [0.29, 0.717) is 5.69 Å². The summed E-state index contributed by atoms with van der Waals surface area (Å²) >= 11 is 0. The molecule has 1 aromatic carbocycles. The van der Waals surface area contributed by atoms with Crippen molar-refractivity contribution in [3.8, 4) is 11.4 Å². The van der Waals surface area contributed by atoms with Gasteiger partial charge in [-0.3, -0.25) is 14.4 Å². The molecule has 1 N–H and O–H groups in total. The number of amides is 2. The number of ether oxygens (including phenoxy) is 2. The van der Waals surface area contributed by atoms with Gasteiger partial charge in [0.05, 0.1) is 25.3 Å². The summed E-state index contributed by atoms with van der Waals surface area (Å²) in [5.41, 5.74) is -0.210. The van der Waals surface area contributed by atoms with Gasteiger partial charge in [0.2, 0.25) is 5.91 Å². The average Bonchev–Trinajstić information content (AvgIpc) is 2.90. The Morgan fingerprint density at radius 3 is 2.39 bits per heavy atom. The monoisotopic (exact) mass is 573 g/mol. The Balaban J connectivity index is 1.76. The number of rotatable bonds is 9. The summed E-state index contributed by atoms with van der Waals surface area (Å²) in [6.07, 6.45) is -0.975. The van der Waals surface area contributed by atoms with Crippen LogP contribution in [-0.2, 0) is 23.9 Å². The van der Waals surface area contributed by atoms with Crippen LogP contribution in [-0.4, -0.2) is 88.3 Å². The Morgan fingerprint density at radius 2 is 1.76 bits per heavy atom. The molecule has 2 aromatic rings. The third-order valence-corrected chi connectivity index (χ3v) is 5.88. The van der Waals surface area contributed by atoms with Crippen LogP contribution in [0, 0.1) is 12.7 Å². The third kappa shape index (κ3) is 9.48. The molecular weight excluding hydrogens is 537 g/mol. The first-order valence-electron chi connectivity index (χ1n) is 13.4. The number of aryl methyl sites for hydroxylation is 1. The molecule has 222 valence electrons. The number of piperazine rings is 1. The lowest BCUT2D eigenvalue weighted by molar-refractivity contribution is -0.158. The fourth-order valence-corrected chi connectivity index (χ4v) is 4.06. The SMILES string of the molecule is CCOC(=O)ON1CCN(C(=O)[C@H](CCC(=O)OC(C)(C)C)NC(=O)c2cc(C)nc(-c3ccccc3F)n2)CC1. The van der Waals surface area contributed by atoms with Crippen LogP contribution in [0.5, 0.6) is 0 Å². The Labute approximate surface area is 238 Å². The second kappa shape index (κ2) is 14.0. The molecule has 2 amide bonds. The summed E-state index contributed by atoms with van der Waals surface area (Å²) in [5.74, 6) is -2.13. The minimum Gasteiger partial charge on any atom is -0.460 e. The molecule has 0 aliphatic carbocycles. The largest absolute Gasteiger partial charge is 0.527 e. The van der Waals surface area contributed by atoms with E-state index < -0.39 is 41.4 Å². The van der Waals surface area contributed by atoms with Gasteiger partial charge in [-0.1, -0.05) is 12.1 Å². The van der Waals surface area contributed by atoms with Crippen molar-refractivity contribution < 1.29 is 37.9 Å². The molecule has 1 aliphatic rings. The van der Waals surface area contributed by atoms with Gasteiger partial charge < -0.3 is 24.5 Å². The maximum Gasteiger partial charge on any atom is 0.527 e. The Kier molecular flexibility index (Phi) is 10.7. The molecule has 1 fully saturated rings. The summed E-state index contributed by atoms with van der Waals surface area (Å²) in [4.78, 5) is 66.0. The number of hydrogen-bond donors (Lipinski definition) is 1. The highest BCUT2D eigenvalue weighted by atomic mass is 19.1. The first-order valence-corrected chi connectivity index (χ1v) is 13.4. The van der Waals surface area contributed by atoms with Crippen LogP contribution in [0.25, 0.3) is 11.4 Å². The molecule has 0 saturated carbocycles. The number of benzene rings is 1. The van der Waals surface area contributed by atoms with E-state index in [9.17, 15) is 23.6 Å². The van der Waals surface area contributed by atoms with E-state index in [-0.39, 0.29) is 62.7 Å². The van der Waals surface area contributed by atoms with Crippen LogP contribution in [0.2, 0.25) is 0 Å². The van der Waals surface area contributed by atoms with Crippen LogP contribution in [0.3, 0.4) is 0 Å². The second-order valence-corrected chi connectivity index (χ2v) is 10.4. The number of esters is 1. The first-order chi connectivity index (χ1) is 19.4. The fraction of sp³-hybridized carbons (Fsp3) is 0.500. The topological polar surface area (TPSA) is 140 Å². The number of carbonyl (C=O) groups is 4. The molecule has 12 nitrogen and oxygen atoms in total. The van der Waals surface area contributed by atoms with Crippen molar-refractivity contribution in [2.45, 2.75) is 59.1 Å². The lowest BCUT2D eigenvalue weighted by atomic mass is 10.1. The lowest BCUT2D eigenvalue weighted by Gasteiger charge is -2.35. The zero-order valence-electron chi connectivity index (χ0n) is 23.9. The van der Waals surface area contributed by atoms with E-state index in [1.54, 1.807) is 40.7 Å². The van der Waals surface area contributed by atoms with Crippen molar-refractivity contribution >= 4 is 23.9 Å². The van der Waals surface area contributed by atoms with Crippen molar-refractivity contribution in [2.75, 3.05) is 32.8 Å². The maximum atomic E-state index is 14.4. The molecule has 1 aliphatic heterocycles. The molecule has 2 heterocycles. The van der Waals surface area contributed by atoms with Crippen molar-refractivity contribution in [2.24, 2.45) is 0 Å². The summed E-state index contributed by atoms with van der Waals surface area (Å²) in [6.45, 7) is 9.56. The summed E-state index contributed by atoms with van der Waals surface area (Å²) < 4.78 is 24.5. The first kappa shape index (κ1) is 31.4. The van der Waals surface area contributed by atoms with E-state index in [4.69, 9.17) is 14.3 Å². The number of nitrogens with one attached hydrogen (secondary N) is 1. The smallest absolute Gasteiger partial charge is 0.460 e. The molecule has 0 unspecified atom stereocenters. The maximum absolute atomic E-state index is 14.4. The molecule has 0 bridgehead atoms. The van der Waals surface area contributed by atoms with Gasteiger partial charge in [0.15, 0.2) is 5.82 Å². The standard InChI is InChI=1S/C28H36FN5O7/c1-6-39-27(38)41-34-15-13-33(14-16-34)26(37)21(11-12-23(35)40-28(3,4)5)32-25(36)22-17-18(2)30-24(31-22)19-9-7-8-10-20(19)29/h7-10,17,21H,6,11-16H2,1-5H3,(H,32,36)/t21-/m0/s1. The van der Waals surface area contributed by atoms with E-state index >= 15 is 0 Å². The molecule has 1 aromatic heterocycles. The summed E-state index contributed by atoms with van der Waals surface area (Å²) in [6, 6.07) is 6.28. The summed E-state index contributed by atoms with van der Waals surface area (Å²) in [7, 11) is 0. The van der Waals surface area contributed by atoms with E-state index in [1.165, 1.54) is 34.2 Å². The predicted octanol–water partition coefficient (Wildman–Crippen LogP) is 3.04. The Morgan fingerprint density at radius 1 is 1.07 bits per heavy atom. The van der Waals surface area contributed by atoms with Crippen molar-refractivity contribution in [3.63, 3.8) is 0 Å². The van der Waals surface area contributed by atoms with Crippen LogP contribution in [0.1, 0.15) is 56.7 Å². The molecule has 3 rings (SSSR count).